The van der Waals surface area contributed by atoms with E-state index >= 15 is 0 Å². The van der Waals surface area contributed by atoms with Crippen LogP contribution in [-0.2, 0) is 24.3 Å². The van der Waals surface area contributed by atoms with E-state index in [0.717, 1.165) is 57.0 Å². The molecule has 0 unspecified atom stereocenters. The zero-order chi connectivity index (χ0) is 25.9. The smallest absolute Gasteiger partial charge is 0.249 e. The van der Waals surface area contributed by atoms with E-state index in [1.54, 1.807) is 11.1 Å². The van der Waals surface area contributed by atoms with E-state index in [0.29, 0.717) is 18.9 Å². The molecule has 1 fully saturated rings. The average molecular weight is 511 g/mol. The van der Waals surface area contributed by atoms with Crippen LogP contribution in [0, 0.1) is 5.92 Å². The molecular formula is C29H24F2N6O. The first-order chi connectivity index (χ1) is 18.4. The lowest BCUT2D eigenvalue weighted by Gasteiger charge is -2.36. The number of carbonyl (C=O) groups excluding carboxylic acids is 1. The third-order valence-corrected chi connectivity index (χ3v) is 7.54. The lowest BCUT2D eigenvalue weighted by atomic mass is 9.80. The number of nitrogens with zero attached hydrogens (tertiary/aromatic N) is 4. The summed E-state index contributed by atoms with van der Waals surface area (Å²) in [5, 5.41) is 10.3. The lowest BCUT2D eigenvalue weighted by Crippen LogP contribution is -2.45. The van der Waals surface area contributed by atoms with Crippen LogP contribution in [0.2, 0.25) is 0 Å². The summed E-state index contributed by atoms with van der Waals surface area (Å²) < 4.78 is 26.6. The van der Waals surface area contributed by atoms with E-state index in [9.17, 15) is 13.6 Å². The molecule has 1 saturated carbocycles. The van der Waals surface area contributed by atoms with Crippen molar-refractivity contribution in [3.05, 3.63) is 83.3 Å². The van der Waals surface area contributed by atoms with Gasteiger partial charge in [0.15, 0.2) is 5.82 Å². The molecule has 190 valence electrons. The molecular weight excluding hydrogens is 486 g/mol. The number of aromatic amines is 1. The molecule has 1 aliphatic heterocycles. The number of carbonyl (C=O) groups is 1. The number of aromatic nitrogens is 4. The van der Waals surface area contributed by atoms with Gasteiger partial charge in [0, 0.05) is 66.8 Å². The minimum atomic E-state index is -2.70. The standard InChI is InChI=1S/C29H24F2N6O/c30-29(31)11-21(12-29)28(38)37-15-19-5-4-18(10-20(19)16-37)26-35-25-3-1-2-24(25)27(36-26)34-23-8-6-17(7-9-23)22-13-32-33-14-22/h1-2,4-10,13-14,21H,3,11-12,15-16H2,(H,32,33)(H,34,35,36). The maximum absolute atomic E-state index is 13.3. The number of anilines is 2. The Hall–Kier alpha value is -4.40. The van der Waals surface area contributed by atoms with Crippen LogP contribution < -0.4 is 5.32 Å². The van der Waals surface area contributed by atoms with Crippen LogP contribution in [0.15, 0.2) is 60.9 Å². The normalized spacial score (nSPS) is 17.3. The van der Waals surface area contributed by atoms with Gasteiger partial charge in [-0.2, -0.15) is 5.10 Å². The minimum Gasteiger partial charge on any atom is -0.340 e. The molecule has 3 aliphatic rings. The first-order valence-electron chi connectivity index (χ1n) is 12.6. The summed E-state index contributed by atoms with van der Waals surface area (Å²) in [5.41, 5.74) is 7.83. The average Bonchev–Trinajstić information content (AvgIpc) is 3.67. The zero-order valence-corrected chi connectivity index (χ0v) is 20.4. The predicted octanol–water partition coefficient (Wildman–Crippen LogP) is 5.73. The van der Waals surface area contributed by atoms with Crippen molar-refractivity contribution in [2.45, 2.75) is 38.3 Å². The van der Waals surface area contributed by atoms with Gasteiger partial charge in [0.25, 0.3) is 0 Å². The van der Waals surface area contributed by atoms with Crippen molar-refractivity contribution < 1.29 is 13.6 Å². The van der Waals surface area contributed by atoms with Crippen LogP contribution in [0.25, 0.3) is 28.6 Å². The Balaban J connectivity index is 1.13. The van der Waals surface area contributed by atoms with Crippen LogP contribution in [-0.4, -0.2) is 36.9 Å². The number of alkyl halides is 2. The molecule has 1 amide bonds. The molecule has 2 N–H and O–H groups in total. The van der Waals surface area contributed by atoms with E-state index in [4.69, 9.17) is 9.97 Å². The second kappa shape index (κ2) is 8.58. The number of hydrogen-bond donors (Lipinski definition) is 2. The van der Waals surface area contributed by atoms with Gasteiger partial charge in [-0.1, -0.05) is 36.4 Å². The molecule has 9 heteroatoms. The molecule has 7 rings (SSSR count). The highest BCUT2D eigenvalue weighted by molar-refractivity contribution is 5.81. The molecule has 2 aromatic carbocycles. The Morgan fingerprint density at radius 3 is 2.55 bits per heavy atom. The monoisotopic (exact) mass is 510 g/mol. The molecule has 0 bridgehead atoms. The summed E-state index contributed by atoms with van der Waals surface area (Å²) in [6, 6.07) is 14.1. The van der Waals surface area contributed by atoms with Gasteiger partial charge in [0.2, 0.25) is 11.8 Å². The molecule has 0 spiro atoms. The quantitative estimate of drug-likeness (QED) is 0.358. The van der Waals surface area contributed by atoms with Crippen LogP contribution in [0.5, 0.6) is 0 Å². The third kappa shape index (κ3) is 4.04. The number of nitrogens with one attached hydrogen (secondary N) is 2. The van der Waals surface area contributed by atoms with Crippen LogP contribution in [0.4, 0.5) is 20.3 Å². The number of amides is 1. The first kappa shape index (κ1) is 22.8. The number of benzene rings is 2. The molecule has 0 radical (unpaired) electrons. The van der Waals surface area contributed by atoms with E-state index in [1.807, 2.05) is 54.7 Å². The van der Waals surface area contributed by atoms with Crippen molar-refractivity contribution in [1.82, 2.24) is 25.1 Å². The van der Waals surface area contributed by atoms with Crippen molar-refractivity contribution in [3.8, 4) is 22.5 Å². The van der Waals surface area contributed by atoms with Gasteiger partial charge in [0.05, 0.1) is 11.9 Å². The number of H-pyrrole nitrogens is 1. The highest BCUT2D eigenvalue weighted by atomic mass is 19.3. The Morgan fingerprint density at radius 2 is 1.79 bits per heavy atom. The Bertz CT molecular complexity index is 1570. The summed E-state index contributed by atoms with van der Waals surface area (Å²) in [4.78, 5) is 24.1. The minimum absolute atomic E-state index is 0.182. The maximum Gasteiger partial charge on any atom is 0.249 e. The van der Waals surface area contributed by atoms with Crippen molar-refractivity contribution >= 4 is 23.5 Å². The van der Waals surface area contributed by atoms with Gasteiger partial charge in [-0.25, -0.2) is 18.7 Å². The fourth-order valence-corrected chi connectivity index (χ4v) is 5.43. The Morgan fingerprint density at radius 1 is 1.00 bits per heavy atom. The van der Waals surface area contributed by atoms with Gasteiger partial charge in [-0.3, -0.25) is 9.89 Å². The van der Waals surface area contributed by atoms with Crippen LogP contribution in [0.1, 0.15) is 35.2 Å². The van der Waals surface area contributed by atoms with Gasteiger partial charge in [-0.15, -0.1) is 0 Å². The van der Waals surface area contributed by atoms with Crippen molar-refractivity contribution in [1.29, 1.82) is 0 Å². The SMILES string of the molecule is O=C(C1CC(F)(F)C1)N1Cc2ccc(-c3nc4c(c(Nc5ccc(-c6cn[nH]c6)cc5)n3)C=CC4)cc2C1. The second-order valence-corrected chi connectivity index (χ2v) is 10.2. The highest BCUT2D eigenvalue weighted by Gasteiger charge is 2.50. The molecule has 2 aromatic heterocycles. The van der Waals surface area contributed by atoms with Gasteiger partial charge in [-0.05, 0) is 34.9 Å². The molecule has 3 heterocycles. The number of allylic oxidation sites excluding steroid dienone is 1. The highest BCUT2D eigenvalue weighted by Crippen LogP contribution is 2.44. The zero-order valence-electron chi connectivity index (χ0n) is 20.4. The summed E-state index contributed by atoms with van der Waals surface area (Å²) in [7, 11) is 0. The second-order valence-electron chi connectivity index (χ2n) is 10.2. The topological polar surface area (TPSA) is 86.8 Å². The maximum atomic E-state index is 13.3. The van der Waals surface area contributed by atoms with Crippen molar-refractivity contribution in [2.24, 2.45) is 5.92 Å². The Kier molecular flexibility index (Phi) is 5.14. The van der Waals surface area contributed by atoms with E-state index in [-0.39, 0.29) is 18.7 Å². The van der Waals surface area contributed by atoms with Crippen molar-refractivity contribution in [2.75, 3.05) is 5.32 Å². The van der Waals surface area contributed by atoms with Gasteiger partial charge < -0.3 is 10.2 Å². The fraction of sp³-hybridized carbons (Fsp3) is 0.241. The van der Waals surface area contributed by atoms with Crippen molar-refractivity contribution in [3.63, 3.8) is 0 Å². The van der Waals surface area contributed by atoms with Crippen LogP contribution in [0.3, 0.4) is 0 Å². The molecule has 38 heavy (non-hydrogen) atoms. The molecule has 2 aliphatic carbocycles. The summed E-state index contributed by atoms with van der Waals surface area (Å²) in [6.07, 6.45) is 7.80. The number of rotatable bonds is 5. The van der Waals surface area contributed by atoms with E-state index in [2.05, 4.69) is 21.6 Å². The molecule has 4 aromatic rings. The Labute approximate surface area is 217 Å². The number of fused-ring (bicyclic) bond motifs is 2. The third-order valence-electron chi connectivity index (χ3n) is 7.54. The van der Waals surface area contributed by atoms with Gasteiger partial charge in [0.1, 0.15) is 5.82 Å². The molecule has 7 nitrogen and oxygen atoms in total. The largest absolute Gasteiger partial charge is 0.340 e. The fourth-order valence-electron chi connectivity index (χ4n) is 5.43. The molecule has 0 saturated heterocycles. The van der Waals surface area contributed by atoms with Crippen LogP contribution >= 0.6 is 0 Å². The predicted molar refractivity (Wildman–Crippen MR) is 139 cm³/mol. The first-order valence-corrected chi connectivity index (χ1v) is 12.6. The number of halogens is 2. The summed E-state index contributed by atoms with van der Waals surface area (Å²) >= 11 is 0. The van der Waals surface area contributed by atoms with E-state index < -0.39 is 11.8 Å². The summed E-state index contributed by atoms with van der Waals surface area (Å²) in [5.74, 6) is -2.12. The number of hydrogen-bond acceptors (Lipinski definition) is 5. The lowest BCUT2D eigenvalue weighted by molar-refractivity contribution is -0.160. The van der Waals surface area contributed by atoms with Gasteiger partial charge >= 0.3 is 0 Å². The van der Waals surface area contributed by atoms with E-state index in [1.165, 1.54) is 0 Å². The summed E-state index contributed by atoms with van der Waals surface area (Å²) in [6.45, 7) is 0.873. The molecule has 0 atom stereocenters.